The van der Waals surface area contributed by atoms with Crippen molar-refractivity contribution in [1.29, 1.82) is 0 Å². The Balaban J connectivity index is 2.14. The molecule has 0 aliphatic heterocycles. The average molecular weight is 252 g/mol. The molecule has 0 radical (unpaired) electrons. The van der Waals surface area contributed by atoms with E-state index in [4.69, 9.17) is 10.3 Å². The first-order chi connectivity index (χ1) is 8.01. The Hall–Kier alpha value is -1.27. The minimum absolute atomic E-state index is 0.488. The van der Waals surface area contributed by atoms with Crippen molar-refractivity contribution in [2.75, 3.05) is 0 Å². The summed E-state index contributed by atoms with van der Waals surface area (Å²) in [4.78, 5) is 8.68. The third kappa shape index (κ3) is 2.70. The van der Waals surface area contributed by atoms with Crippen LogP contribution in [-0.4, -0.2) is 15.1 Å². The maximum Gasteiger partial charge on any atom is 0.246 e. The van der Waals surface area contributed by atoms with Crippen molar-refractivity contribution in [2.24, 2.45) is 5.73 Å². The van der Waals surface area contributed by atoms with Crippen LogP contribution < -0.4 is 5.73 Å². The van der Waals surface area contributed by atoms with Crippen LogP contribution in [0.2, 0.25) is 0 Å². The summed E-state index contributed by atoms with van der Waals surface area (Å²) in [6, 6.07) is 0. The Bertz CT molecular complexity index is 503. The SMILES string of the molecule is CCC(C)(N)c1nc(Cc2csc(C)n2)no1. The van der Waals surface area contributed by atoms with Crippen LogP contribution in [-0.2, 0) is 12.0 Å². The standard InChI is InChI=1S/C11H16N4OS/c1-4-11(3,12)10-14-9(15-16-10)5-8-6-17-7(2)13-8/h6H,4-5,12H2,1-3H3. The van der Waals surface area contributed by atoms with Gasteiger partial charge < -0.3 is 10.3 Å². The van der Waals surface area contributed by atoms with Gasteiger partial charge in [-0.2, -0.15) is 4.98 Å². The summed E-state index contributed by atoms with van der Waals surface area (Å²) in [5, 5.41) is 6.98. The van der Waals surface area contributed by atoms with Crippen molar-refractivity contribution in [2.45, 2.75) is 39.2 Å². The van der Waals surface area contributed by atoms with Crippen LogP contribution in [0.25, 0.3) is 0 Å². The van der Waals surface area contributed by atoms with E-state index in [1.165, 1.54) is 0 Å². The number of hydrogen-bond acceptors (Lipinski definition) is 6. The molecule has 5 nitrogen and oxygen atoms in total. The second-order valence-electron chi connectivity index (χ2n) is 4.32. The van der Waals surface area contributed by atoms with Crippen LogP contribution in [0.5, 0.6) is 0 Å². The van der Waals surface area contributed by atoms with Gasteiger partial charge in [-0.1, -0.05) is 12.1 Å². The fourth-order valence-corrected chi connectivity index (χ4v) is 1.97. The maximum absolute atomic E-state index is 6.04. The highest BCUT2D eigenvalue weighted by atomic mass is 32.1. The van der Waals surface area contributed by atoms with E-state index in [-0.39, 0.29) is 0 Å². The summed E-state index contributed by atoms with van der Waals surface area (Å²) < 4.78 is 5.19. The molecular weight excluding hydrogens is 236 g/mol. The summed E-state index contributed by atoms with van der Waals surface area (Å²) in [5.74, 6) is 1.12. The number of thiazole rings is 1. The fraction of sp³-hybridized carbons (Fsp3) is 0.545. The molecule has 6 heteroatoms. The molecule has 0 saturated heterocycles. The van der Waals surface area contributed by atoms with E-state index in [2.05, 4.69) is 15.1 Å². The van der Waals surface area contributed by atoms with Crippen molar-refractivity contribution in [3.8, 4) is 0 Å². The summed E-state index contributed by atoms with van der Waals surface area (Å²) in [5.41, 5.74) is 6.45. The molecule has 2 rings (SSSR count). The minimum Gasteiger partial charge on any atom is -0.337 e. The lowest BCUT2D eigenvalue weighted by Gasteiger charge is -2.16. The van der Waals surface area contributed by atoms with E-state index in [0.29, 0.717) is 18.1 Å². The van der Waals surface area contributed by atoms with Gasteiger partial charge in [0.05, 0.1) is 22.7 Å². The van der Waals surface area contributed by atoms with E-state index in [9.17, 15) is 0 Å². The van der Waals surface area contributed by atoms with Gasteiger partial charge in [0.1, 0.15) is 0 Å². The number of aryl methyl sites for hydroxylation is 1. The molecule has 0 bridgehead atoms. The number of hydrogen-bond donors (Lipinski definition) is 1. The molecule has 1 atom stereocenters. The smallest absolute Gasteiger partial charge is 0.246 e. The molecule has 1 unspecified atom stereocenters. The lowest BCUT2D eigenvalue weighted by Crippen LogP contribution is -2.32. The van der Waals surface area contributed by atoms with Crippen molar-refractivity contribution >= 4 is 11.3 Å². The number of nitrogens with zero attached hydrogens (tertiary/aromatic N) is 3. The molecule has 0 amide bonds. The van der Waals surface area contributed by atoms with Crippen molar-refractivity contribution < 1.29 is 4.52 Å². The Morgan fingerprint density at radius 3 is 2.82 bits per heavy atom. The topological polar surface area (TPSA) is 77.8 Å². The van der Waals surface area contributed by atoms with E-state index < -0.39 is 5.54 Å². The molecule has 0 spiro atoms. The number of aromatic nitrogens is 3. The van der Waals surface area contributed by atoms with Gasteiger partial charge >= 0.3 is 0 Å². The van der Waals surface area contributed by atoms with Crippen LogP contribution in [0.4, 0.5) is 0 Å². The first-order valence-corrected chi connectivity index (χ1v) is 6.42. The van der Waals surface area contributed by atoms with Gasteiger partial charge in [0.25, 0.3) is 0 Å². The largest absolute Gasteiger partial charge is 0.337 e. The second-order valence-corrected chi connectivity index (χ2v) is 5.38. The normalized spacial score (nSPS) is 14.8. The van der Waals surface area contributed by atoms with Gasteiger partial charge in [-0.3, -0.25) is 0 Å². The Labute approximate surface area is 104 Å². The fourth-order valence-electron chi connectivity index (χ4n) is 1.36. The highest BCUT2D eigenvalue weighted by Crippen LogP contribution is 2.20. The van der Waals surface area contributed by atoms with E-state index in [0.717, 1.165) is 17.1 Å². The minimum atomic E-state index is -0.552. The van der Waals surface area contributed by atoms with Gasteiger partial charge in [-0.05, 0) is 20.3 Å². The number of rotatable bonds is 4. The number of nitrogens with two attached hydrogens (primary N) is 1. The van der Waals surface area contributed by atoms with Gasteiger partial charge in [0.2, 0.25) is 5.89 Å². The summed E-state index contributed by atoms with van der Waals surface area (Å²) >= 11 is 1.62. The van der Waals surface area contributed by atoms with Crippen LogP contribution in [0.3, 0.4) is 0 Å². The third-order valence-electron chi connectivity index (χ3n) is 2.70. The summed E-state index contributed by atoms with van der Waals surface area (Å²) in [7, 11) is 0. The average Bonchev–Trinajstić information content (AvgIpc) is 2.89. The third-order valence-corrected chi connectivity index (χ3v) is 3.52. The van der Waals surface area contributed by atoms with Crippen LogP contribution in [0.15, 0.2) is 9.90 Å². The van der Waals surface area contributed by atoms with Crippen molar-refractivity contribution in [3.05, 3.63) is 27.8 Å². The molecule has 0 aromatic carbocycles. The molecule has 0 saturated carbocycles. The van der Waals surface area contributed by atoms with Gasteiger partial charge in [0, 0.05) is 5.38 Å². The highest BCUT2D eigenvalue weighted by molar-refractivity contribution is 7.09. The van der Waals surface area contributed by atoms with E-state index in [1.807, 2.05) is 26.2 Å². The molecule has 2 N–H and O–H groups in total. The van der Waals surface area contributed by atoms with Crippen molar-refractivity contribution in [3.63, 3.8) is 0 Å². The van der Waals surface area contributed by atoms with Gasteiger partial charge in [-0.25, -0.2) is 4.98 Å². The predicted octanol–water partition coefficient (Wildman–Crippen LogP) is 2.01. The monoisotopic (exact) mass is 252 g/mol. The maximum atomic E-state index is 6.04. The zero-order valence-electron chi connectivity index (χ0n) is 10.2. The Morgan fingerprint density at radius 2 is 2.24 bits per heavy atom. The zero-order valence-corrected chi connectivity index (χ0v) is 11.0. The molecule has 2 heterocycles. The molecular formula is C11H16N4OS. The molecule has 2 aromatic heterocycles. The van der Waals surface area contributed by atoms with E-state index in [1.54, 1.807) is 11.3 Å². The van der Waals surface area contributed by atoms with Crippen LogP contribution in [0, 0.1) is 6.92 Å². The first-order valence-electron chi connectivity index (χ1n) is 5.54. The Morgan fingerprint density at radius 1 is 1.47 bits per heavy atom. The summed E-state index contributed by atoms with van der Waals surface area (Å²) in [6.45, 7) is 5.86. The molecule has 17 heavy (non-hydrogen) atoms. The molecule has 92 valence electrons. The van der Waals surface area contributed by atoms with E-state index >= 15 is 0 Å². The quantitative estimate of drug-likeness (QED) is 0.900. The van der Waals surface area contributed by atoms with Crippen LogP contribution in [0.1, 0.15) is 42.7 Å². The van der Waals surface area contributed by atoms with Crippen LogP contribution >= 0.6 is 11.3 Å². The zero-order chi connectivity index (χ0) is 12.5. The molecule has 2 aromatic rings. The summed E-state index contributed by atoms with van der Waals surface area (Å²) in [6.07, 6.45) is 1.35. The molecule has 0 fully saturated rings. The predicted molar refractivity (Wildman–Crippen MR) is 65.8 cm³/mol. The lowest BCUT2D eigenvalue weighted by atomic mass is 10.0. The molecule has 0 aliphatic rings. The first kappa shape index (κ1) is 12.2. The second kappa shape index (κ2) is 4.54. The lowest BCUT2D eigenvalue weighted by molar-refractivity contribution is 0.290. The molecule has 0 aliphatic carbocycles. The Kier molecular flexibility index (Phi) is 3.26. The van der Waals surface area contributed by atoms with Gasteiger partial charge in [0.15, 0.2) is 5.82 Å². The van der Waals surface area contributed by atoms with Crippen molar-refractivity contribution in [1.82, 2.24) is 15.1 Å². The highest BCUT2D eigenvalue weighted by Gasteiger charge is 2.26. The van der Waals surface area contributed by atoms with Gasteiger partial charge in [-0.15, -0.1) is 11.3 Å².